The molecule has 0 saturated carbocycles. The molecule has 0 aliphatic carbocycles. The number of benzene rings is 2. The van der Waals surface area contributed by atoms with E-state index in [0.29, 0.717) is 17.0 Å². The molecular formula is C21H22N6O2. The number of fused-ring (bicyclic) bond motifs is 3. The van der Waals surface area contributed by atoms with E-state index < -0.39 is 17.7 Å². The van der Waals surface area contributed by atoms with Gasteiger partial charge in [-0.1, -0.05) is 42.5 Å². The van der Waals surface area contributed by atoms with Crippen molar-refractivity contribution in [2.75, 3.05) is 5.73 Å². The molecule has 0 fully saturated rings. The zero-order chi connectivity index (χ0) is 20.8. The number of nitrogens with zero attached hydrogens (tertiary/aromatic N) is 5. The Bertz CT molecular complexity index is 1200. The average Bonchev–Trinajstić information content (AvgIpc) is 3.06. The Labute approximate surface area is 167 Å². The van der Waals surface area contributed by atoms with E-state index in [2.05, 4.69) is 10.1 Å². The van der Waals surface area contributed by atoms with Gasteiger partial charge in [-0.15, -0.1) is 5.10 Å². The quantitative estimate of drug-likeness (QED) is 0.552. The second-order valence-electron chi connectivity index (χ2n) is 7.83. The number of nitrogens with two attached hydrogens (primary N) is 1. The van der Waals surface area contributed by atoms with E-state index >= 15 is 0 Å². The second kappa shape index (κ2) is 6.73. The molecule has 2 aromatic carbocycles. The van der Waals surface area contributed by atoms with Crippen molar-refractivity contribution >= 4 is 28.6 Å². The lowest BCUT2D eigenvalue weighted by atomic mass is 9.97. The monoisotopic (exact) mass is 390 g/mol. The van der Waals surface area contributed by atoms with Gasteiger partial charge in [-0.3, -0.25) is 4.90 Å². The van der Waals surface area contributed by atoms with Crippen LogP contribution in [-0.4, -0.2) is 41.2 Å². The van der Waals surface area contributed by atoms with Crippen LogP contribution in [0, 0.1) is 0 Å². The van der Waals surface area contributed by atoms with Crippen molar-refractivity contribution in [2.45, 2.75) is 32.4 Å². The number of anilines is 1. The summed E-state index contributed by atoms with van der Waals surface area (Å²) < 4.78 is 1.55. The summed E-state index contributed by atoms with van der Waals surface area (Å²) in [5, 5.41) is 15.3. The van der Waals surface area contributed by atoms with Crippen molar-refractivity contribution in [3.05, 3.63) is 66.0 Å². The topological polar surface area (TPSA) is 110 Å². The minimum absolute atomic E-state index is 0.105. The van der Waals surface area contributed by atoms with Crippen LogP contribution < -0.4 is 5.73 Å². The highest BCUT2D eigenvalue weighted by Gasteiger charge is 2.38. The lowest BCUT2D eigenvalue weighted by Gasteiger charge is -2.39. The van der Waals surface area contributed by atoms with E-state index in [-0.39, 0.29) is 5.95 Å². The highest BCUT2D eigenvalue weighted by atomic mass is 16.4. The third-order valence-corrected chi connectivity index (χ3v) is 4.77. The second-order valence-corrected chi connectivity index (χ2v) is 7.83. The molecule has 1 amide bonds. The number of hydrogen-bond acceptors (Lipinski definition) is 5. The first kappa shape index (κ1) is 18.7. The van der Waals surface area contributed by atoms with Crippen molar-refractivity contribution < 1.29 is 9.90 Å². The fraction of sp³-hybridized carbons (Fsp3) is 0.238. The summed E-state index contributed by atoms with van der Waals surface area (Å²) in [6, 6.07) is 16.2. The maximum absolute atomic E-state index is 12.4. The van der Waals surface area contributed by atoms with Crippen LogP contribution in [0.4, 0.5) is 10.7 Å². The highest BCUT2D eigenvalue weighted by molar-refractivity contribution is 5.91. The first-order chi connectivity index (χ1) is 13.8. The van der Waals surface area contributed by atoms with E-state index in [0.717, 1.165) is 10.9 Å². The molecule has 0 spiro atoms. The molecule has 0 aliphatic heterocycles. The predicted octanol–water partition coefficient (Wildman–Crippen LogP) is 3.73. The van der Waals surface area contributed by atoms with Crippen LogP contribution in [-0.2, 0) is 0 Å². The van der Waals surface area contributed by atoms with Crippen LogP contribution in [0.25, 0.3) is 16.6 Å². The van der Waals surface area contributed by atoms with Gasteiger partial charge in [0.15, 0.2) is 11.5 Å². The molecule has 2 heterocycles. The number of carboxylic acid groups (broad SMARTS) is 1. The van der Waals surface area contributed by atoms with Gasteiger partial charge >= 0.3 is 6.09 Å². The highest BCUT2D eigenvalue weighted by Crippen LogP contribution is 2.34. The Balaban J connectivity index is 2.10. The van der Waals surface area contributed by atoms with Gasteiger partial charge in [0.25, 0.3) is 0 Å². The molecule has 8 heteroatoms. The minimum atomic E-state index is -1.05. The molecule has 29 heavy (non-hydrogen) atoms. The molecule has 0 radical (unpaired) electrons. The van der Waals surface area contributed by atoms with Crippen molar-refractivity contribution in [1.82, 2.24) is 24.5 Å². The molecule has 2 aromatic heterocycles. The maximum Gasteiger partial charge on any atom is 0.408 e. The smallest absolute Gasteiger partial charge is 0.408 e. The molecule has 0 unspecified atom stereocenters. The fourth-order valence-corrected chi connectivity index (χ4v) is 3.60. The number of rotatable bonds is 3. The number of hydrogen-bond donors (Lipinski definition) is 2. The van der Waals surface area contributed by atoms with Crippen molar-refractivity contribution in [3.8, 4) is 0 Å². The molecule has 4 aromatic rings. The summed E-state index contributed by atoms with van der Waals surface area (Å²) in [5.74, 6) is 0.542. The van der Waals surface area contributed by atoms with E-state index in [9.17, 15) is 9.90 Å². The van der Waals surface area contributed by atoms with Crippen LogP contribution in [0.1, 0.15) is 38.2 Å². The summed E-state index contributed by atoms with van der Waals surface area (Å²) in [4.78, 5) is 22.9. The number of nitrogen functional groups attached to an aromatic ring is 1. The van der Waals surface area contributed by atoms with Crippen LogP contribution >= 0.6 is 0 Å². The number of aromatic nitrogens is 4. The summed E-state index contributed by atoms with van der Waals surface area (Å²) in [6.07, 6.45) is -1.05. The molecule has 0 aliphatic rings. The largest absolute Gasteiger partial charge is 0.465 e. The number of amides is 1. The zero-order valence-electron chi connectivity index (χ0n) is 16.4. The van der Waals surface area contributed by atoms with Crippen molar-refractivity contribution in [2.24, 2.45) is 0 Å². The molecule has 4 rings (SSSR count). The molecule has 0 bridgehead atoms. The van der Waals surface area contributed by atoms with Crippen LogP contribution in [0.15, 0.2) is 54.6 Å². The third-order valence-electron chi connectivity index (χ3n) is 4.77. The molecule has 0 saturated heterocycles. The minimum Gasteiger partial charge on any atom is -0.465 e. The Morgan fingerprint density at radius 1 is 1.07 bits per heavy atom. The number of para-hydroxylation sites is 1. The average molecular weight is 390 g/mol. The van der Waals surface area contributed by atoms with Gasteiger partial charge in [0.2, 0.25) is 5.95 Å². The van der Waals surface area contributed by atoms with Gasteiger partial charge < -0.3 is 10.8 Å². The Morgan fingerprint density at radius 3 is 2.38 bits per heavy atom. The van der Waals surface area contributed by atoms with Gasteiger partial charge in [0, 0.05) is 10.9 Å². The molecular weight excluding hydrogens is 368 g/mol. The molecule has 1 atom stereocenters. The molecule has 8 nitrogen and oxygen atoms in total. The van der Waals surface area contributed by atoms with Crippen molar-refractivity contribution in [1.29, 1.82) is 0 Å². The SMILES string of the molecule is CC(C)(C)N(C(=O)O)[C@@H](c1ccccc1)c1nc2ccccc2c2nc(N)nn12. The maximum atomic E-state index is 12.4. The van der Waals surface area contributed by atoms with E-state index in [1.165, 1.54) is 4.90 Å². The summed E-state index contributed by atoms with van der Waals surface area (Å²) >= 11 is 0. The summed E-state index contributed by atoms with van der Waals surface area (Å²) in [5.41, 5.74) is 7.24. The summed E-state index contributed by atoms with van der Waals surface area (Å²) in [6.45, 7) is 5.56. The molecule has 148 valence electrons. The van der Waals surface area contributed by atoms with Crippen LogP contribution in [0.5, 0.6) is 0 Å². The summed E-state index contributed by atoms with van der Waals surface area (Å²) in [7, 11) is 0. The molecule has 3 N–H and O–H groups in total. The lowest BCUT2D eigenvalue weighted by Crippen LogP contribution is -2.48. The number of carbonyl (C=O) groups is 1. The van der Waals surface area contributed by atoms with Crippen LogP contribution in [0.2, 0.25) is 0 Å². The van der Waals surface area contributed by atoms with E-state index in [4.69, 9.17) is 10.7 Å². The van der Waals surface area contributed by atoms with Crippen LogP contribution in [0.3, 0.4) is 0 Å². The normalized spacial score (nSPS) is 12.9. The Hall–Kier alpha value is -3.68. The van der Waals surface area contributed by atoms with Gasteiger partial charge in [-0.25, -0.2) is 9.78 Å². The fourth-order valence-electron chi connectivity index (χ4n) is 3.60. The third kappa shape index (κ3) is 3.22. The first-order valence-electron chi connectivity index (χ1n) is 9.25. The zero-order valence-corrected chi connectivity index (χ0v) is 16.4. The van der Waals surface area contributed by atoms with Gasteiger partial charge in [0.1, 0.15) is 6.04 Å². The lowest BCUT2D eigenvalue weighted by molar-refractivity contribution is 0.0781. The van der Waals surface area contributed by atoms with Gasteiger partial charge in [0.05, 0.1) is 5.52 Å². The Kier molecular flexibility index (Phi) is 4.34. The van der Waals surface area contributed by atoms with Gasteiger partial charge in [-0.05, 0) is 38.5 Å². The van der Waals surface area contributed by atoms with Gasteiger partial charge in [-0.2, -0.15) is 9.50 Å². The Morgan fingerprint density at radius 2 is 1.72 bits per heavy atom. The standard InChI is InChI=1S/C21H22N6O2/c1-21(2,3)26(20(28)29)16(13-9-5-4-6-10-13)18-23-15-12-8-7-11-14(15)17-24-19(22)25-27(17)18/h4-12,16H,1-3H3,(H2,22,25)(H,28,29)/t16-/m0/s1. The first-order valence-corrected chi connectivity index (χ1v) is 9.25. The predicted molar refractivity (Wildman–Crippen MR) is 111 cm³/mol. The van der Waals surface area contributed by atoms with E-state index in [1.807, 2.05) is 75.4 Å². The van der Waals surface area contributed by atoms with Crippen molar-refractivity contribution in [3.63, 3.8) is 0 Å². The van der Waals surface area contributed by atoms with E-state index in [1.54, 1.807) is 4.52 Å².